The number of benzene rings is 1. The van der Waals surface area contributed by atoms with E-state index in [2.05, 4.69) is 5.32 Å². The highest BCUT2D eigenvalue weighted by Gasteiger charge is 2.22. The van der Waals surface area contributed by atoms with Crippen LogP contribution in [0.3, 0.4) is 0 Å². The van der Waals surface area contributed by atoms with Crippen molar-refractivity contribution >= 4 is 22.7 Å². The molecule has 8 heteroatoms. The van der Waals surface area contributed by atoms with Crippen molar-refractivity contribution in [3.63, 3.8) is 0 Å². The molecule has 0 saturated carbocycles. The van der Waals surface area contributed by atoms with Crippen LogP contribution >= 0.6 is 0 Å². The maximum Gasteiger partial charge on any atom is 0.327 e. The molecule has 2 unspecified atom stereocenters. The quantitative estimate of drug-likeness (QED) is 0.814. The Labute approximate surface area is 116 Å². The Kier molecular flexibility index (Phi) is 5.75. The fraction of sp³-hybridized carbons (Fsp3) is 0.333. The Morgan fingerprint density at radius 1 is 1.40 bits per heavy atom. The van der Waals surface area contributed by atoms with Gasteiger partial charge in [0.2, 0.25) is 5.91 Å². The number of carbonyl (C=O) groups excluding carboxylic acids is 1. The predicted molar refractivity (Wildman–Crippen MR) is 68.3 cm³/mol. The summed E-state index contributed by atoms with van der Waals surface area (Å²) in [4.78, 5) is 21.7. The Bertz CT molecular complexity index is 550. The van der Waals surface area contributed by atoms with E-state index < -0.39 is 40.4 Å². The molecule has 0 spiro atoms. The van der Waals surface area contributed by atoms with E-state index in [4.69, 9.17) is 5.11 Å². The topological polar surface area (TPSA) is 83.5 Å². The van der Waals surface area contributed by atoms with Crippen molar-refractivity contribution in [2.24, 2.45) is 0 Å². The van der Waals surface area contributed by atoms with Crippen molar-refractivity contribution < 1.29 is 27.7 Å². The molecular weight excluding hydrogens is 292 g/mol. The molecule has 5 nitrogen and oxygen atoms in total. The average Bonchev–Trinajstić information content (AvgIpc) is 2.32. The lowest BCUT2D eigenvalue weighted by Gasteiger charge is -2.13. The van der Waals surface area contributed by atoms with Crippen LogP contribution in [-0.4, -0.2) is 33.0 Å². The fourth-order valence-electron chi connectivity index (χ4n) is 1.49. The van der Waals surface area contributed by atoms with Gasteiger partial charge in [0.1, 0.15) is 17.7 Å². The second-order valence-corrected chi connectivity index (χ2v) is 5.58. The first-order valence-electron chi connectivity index (χ1n) is 5.58. The molecule has 1 amide bonds. The summed E-state index contributed by atoms with van der Waals surface area (Å²) in [5, 5.41) is 11.0. The van der Waals surface area contributed by atoms with Gasteiger partial charge in [-0.15, -0.1) is 0 Å². The fourth-order valence-corrected chi connectivity index (χ4v) is 2.78. The zero-order chi connectivity index (χ0) is 15.3. The van der Waals surface area contributed by atoms with Crippen LogP contribution in [0.4, 0.5) is 8.78 Å². The molecule has 1 rings (SSSR count). The van der Waals surface area contributed by atoms with Crippen molar-refractivity contribution in [3.8, 4) is 0 Å². The van der Waals surface area contributed by atoms with Crippen LogP contribution in [0, 0.1) is 11.6 Å². The van der Waals surface area contributed by atoms with Crippen molar-refractivity contribution in [2.45, 2.75) is 18.7 Å². The van der Waals surface area contributed by atoms with Gasteiger partial charge in [0.25, 0.3) is 0 Å². The molecule has 0 bridgehead atoms. The van der Waals surface area contributed by atoms with Crippen LogP contribution in [0.2, 0.25) is 0 Å². The molecular formula is C12H13F2NO4S. The van der Waals surface area contributed by atoms with Crippen LogP contribution in [0.5, 0.6) is 0 Å². The van der Waals surface area contributed by atoms with Gasteiger partial charge in [-0.25, -0.2) is 13.6 Å². The Balaban J connectivity index is 2.72. The summed E-state index contributed by atoms with van der Waals surface area (Å²) in [6, 6.07) is 1.41. The minimum absolute atomic E-state index is 0.102. The number of halogens is 2. The number of carboxylic acids is 1. The molecule has 20 heavy (non-hydrogen) atoms. The highest BCUT2D eigenvalue weighted by molar-refractivity contribution is 7.84. The molecule has 0 aliphatic carbocycles. The normalized spacial score (nSPS) is 13.6. The summed E-state index contributed by atoms with van der Waals surface area (Å²) in [6.45, 7) is 1.13. The number of carboxylic acid groups (broad SMARTS) is 1. The summed E-state index contributed by atoms with van der Waals surface area (Å²) in [6.07, 6.45) is 0. The van der Waals surface area contributed by atoms with Crippen molar-refractivity contribution in [1.29, 1.82) is 0 Å². The lowest BCUT2D eigenvalue weighted by atomic mass is 10.2. The van der Waals surface area contributed by atoms with E-state index in [1.807, 2.05) is 0 Å². The molecule has 0 heterocycles. The highest BCUT2D eigenvalue weighted by Crippen LogP contribution is 2.12. The third kappa shape index (κ3) is 5.04. The molecule has 2 atom stereocenters. The van der Waals surface area contributed by atoms with E-state index >= 15 is 0 Å². The molecule has 0 fully saturated rings. The summed E-state index contributed by atoms with van der Waals surface area (Å²) < 4.78 is 38.1. The maximum atomic E-state index is 13.3. The van der Waals surface area contributed by atoms with E-state index in [0.717, 1.165) is 25.1 Å². The number of carbonyl (C=O) groups is 2. The zero-order valence-electron chi connectivity index (χ0n) is 10.6. The lowest BCUT2D eigenvalue weighted by Crippen LogP contribution is -2.43. The van der Waals surface area contributed by atoms with Crippen LogP contribution in [0.25, 0.3) is 0 Å². The minimum atomic E-state index is -1.76. The smallest absolute Gasteiger partial charge is 0.327 e. The number of nitrogens with one attached hydrogen (secondary N) is 1. The summed E-state index contributed by atoms with van der Waals surface area (Å²) >= 11 is 0. The molecule has 0 radical (unpaired) electrons. The molecule has 2 N–H and O–H groups in total. The largest absolute Gasteiger partial charge is 0.480 e. The van der Waals surface area contributed by atoms with Crippen LogP contribution in [-0.2, 0) is 26.1 Å². The molecule has 0 aromatic heterocycles. The van der Waals surface area contributed by atoms with Gasteiger partial charge in [-0.05, 0) is 18.2 Å². The van der Waals surface area contributed by atoms with E-state index in [9.17, 15) is 22.6 Å². The first-order valence-corrected chi connectivity index (χ1v) is 7.07. The van der Waals surface area contributed by atoms with Crippen LogP contribution < -0.4 is 5.32 Å². The van der Waals surface area contributed by atoms with E-state index in [-0.39, 0.29) is 17.1 Å². The van der Waals surface area contributed by atoms with E-state index in [1.54, 1.807) is 0 Å². The number of hydrogen-bond acceptors (Lipinski definition) is 3. The average molecular weight is 305 g/mol. The van der Waals surface area contributed by atoms with Crippen molar-refractivity contribution in [2.75, 3.05) is 5.75 Å². The monoisotopic (exact) mass is 305 g/mol. The molecule has 1 aromatic rings. The molecule has 1 aromatic carbocycles. The number of amides is 1. The van der Waals surface area contributed by atoms with Crippen molar-refractivity contribution in [3.05, 3.63) is 35.4 Å². The van der Waals surface area contributed by atoms with Crippen LogP contribution in [0.15, 0.2) is 18.2 Å². The molecule has 0 saturated heterocycles. The predicted octanol–water partition coefficient (Wildman–Crippen LogP) is 0.803. The second-order valence-electron chi connectivity index (χ2n) is 4.08. The minimum Gasteiger partial charge on any atom is -0.480 e. The van der Waals surface area contributed by atoms with Crippen molar-refractivity contribution in [1.82, 2.24) is 5.32 Å². The van der Waals surface area contributed by atoms with Gasteiger partial charge >= 0.3 is 5.97 Å². The van der Waals surface area contributed by atoms with E-state index in [1.165, 1.54) is 0 Å². The van der Waals surface area contributed by atoms with Gasteiger partial charge in [-0.1, -0.05) is 0 Å². The van der Waals surface area contributed by atoms with Gasteiger partial charge in [0, 0.05) is 23.3 Å². The SMILES string of the molecule is CC(=O)NC(CS(=O)Cc1cc(F)ccc1F)C(=O)O. The highest BCUT2D eigenvalue weighted by atomic mass is 32.2. The number of hydrogen-bond donors (Lipinski definition) is 2. The summed E-state index contributed by atoms with van der Waals surface area (Å²) in [5.41, 5.74) is -0.102. The Hall–Kier alpha value is -1.83. The zero-order valence-corrected chi connectivity index (χ0v) is 11.4. The third-order valence-electron chi connectivity index (χ3n) is 2.35. The number of aliphatic carboxylic acids is 1. The van der Waals surface area contributed by atoms with Gasteiger partial charge in [-0.2, -0.15) is 0 Å². The molecule has 110 valence electrons. The summed E-state index contributed by atoms with van der Waals surface area (Å²) in [7, 11) is -1.76. The lowest BCUT2D eigenvalue weighted by molar-refractivity contribution is -0.140. The van der Waals surface area contributed by atoms with Crippen LogP contribution in [0.1, 0.15) is 12.5 Å². The first-order chi connectivity index (χ1) is 9.29. The second kappa shape index (κ2) is 7.09. The maximum absolute atomic E-state index is 13.3. The third-order valence-corrected chi connectivity index (χ3v) is 3.69. The Morgan fingerprint density at radius 2 is 2.05 bits per heavy atom. The number of rotatable bonds is 6. The van der Waals surface area contributed by atoms with Gasteiger partial charge in [0.15, 0.2) is 0 Å². The van der Waals surface area contributed by atoms with Gasteiger partial charge in [0.05, 0.1) is 11.5 Å². The van der Waals surface area contributed by atoms with Gasteiger partial charge in [-0.3, -0.25) is 9.00 Å². The molecule has 0 aliphatic rings. The molecule has 0 aliphatic heterocycles. The first kappa shape index (κ1) is 16.2. The van der Waals surface area contributed by atoms with Gasteiger partial charge < -0.3 is 10.4 Å². The Morgan fingerprint density at radius 3 is 2.60 bits per heavy atom. The summed E-state index contributed by atoms with van der Waals surface area (Å²) in [5.74, 6) is -4.02. The standard InChI is InChI=1S/C12H13F2NO4S/c1-7(16)15-11(12(17)18)6-20(19)5-8-4-9(13)2-3-10(8)14/h2-4,11H,5-6H2,1H3,(H,15,16)(H,17,18). The van der Waals surface area contributed by atoms with E-state index in [0.29, 0.717) is 0 Å².